The SMILES string of the molecule is O=S(=O)(c1ccc(Br)cc1F)N(CCCl)C1CC1. The average Bonchev–Trinajstić information content (AvgIpc) is 3.08. The molecule has 0 amide bonds. The molecule has 0 unspecified atom stereocenters. The first kappa shape index (κ1) is 14.2. The second-order valence-electron chi connectivity index (χ2n) is 4.11. The lowest BCUT2D eigenvalue weighted by molar-refractivity contribution is 0.418. The van der Waals surface area contributed by atoms with Crippen molar-refractivity contribution in [2.45, 2.75) is 23.8 Å². The van der Waals surface area contributed by atoms with Crippen molar-refractivity contribution < 1.29 is 12.8 Å². The summed E-state index contributed by atoms with van der Waals surface area (Å²) in [6, 6.07) is 3.91. The predicted octanol–water partition coefficient (Wildman–Crippen LogP) is 2.98. The van der Waals surface area contributed by atoms with Gasteiger partial charge in [0, 0.05) is 22.9 Å². The molecule has 100 valence electrons. The molecule has 1 fully saturated rings. The standard InChI is InChI=1S/C11H12BrClFNO2S/c12-8-1-4-11(10(14)7-8)18(16,17)15(6-5-13)9-2-3-9/h1,4,7,9H,2-3,5-6H2. The van der Waals surface area contributed by atoms with Gasteiger partial charge in [-0.05, 0) is 31.0 Å². The molecule has 1 aromatic carbocycles. The van der Waals surface area contributed by atoms with E-state index in [1.807, 2.05) is 0 Å². The molecule has 0 aliphatic heterocycles. The molecule has 1 aliphatic rings. The third kappa shape index (κ3) is 2.87. The molecular weight excluding hydrogens is 345 g/mol. The number of halogens is 3. The van der Waals surface area contributed by atoms with Crippen molar-refractivity contribution >= 4 is 37.6 Å². The Balaban J connectivity index is 2.39. The Labute approximate surface area is 119 Å². The maximum absolute atomic E-state index is 13.8. The van der Waals surface area contributed by atoms with Crippen LogP contribution in [0.2, 0.25) is 0 Å². The fraction of sp³-hybridized carbons (Fsp3) is 0.455. The summed E-state index contributed by atoms with van der Waals surface area (Å²) in [6.07, 6.45) is 1.63. The van der Waals surface area contributed by atoms with Gasteiger partial charge in [0.1, 0.15) is 10.7 Å². The van der Waals surface area contributed by atoms with Gasteiger partial charge in [-0.15, -0.1) is 11.6 Å². The third-order valence-corrected chi connectivity index (χ3v) is 5.39. The summed E-state index contributed by atoms with van der Waals surface area (Å²) < 4.78 is 40.3. The van der Waals surface area contributed by atoms with Gasteiger partial charge in [0.25, 0.3) is 0 Å². The highest BCUT2D eigenvalue weighted by Gasteiger charge is 2.38. The highest BCUT2D eigenvalue weighted by molar-refractivity contribution is 9.10. The van der Waals surface area contributed by atoms with Crippen molar-refractivity contribution in [3.63, 3.8) is 0 Å². The molecule has 0 bridgehead atoms. The van der Waals surface area contributed by atoms with E-state index in [0.29, 0.717) is 4.47 Å². The molecule has 7 heteroatoms. The van der Waals surface area contributed by atoms with E-state index < -0.39 is 15.8 Å². The first-order valence-electron chi connectivity index (χ1n) is 5.49. The number of alkyl halides is 1. The largest absolute Gasteiger partial charge is 0.246 e. The highest BCUT2D eigenvalue weighted by atomic mass is 79.9. The number of sulfonamides is 1. The minimum atomic E-state index is -3.79. The van der Waals surface area contributed by atoms with Crippen molar-refractivity contribution in [1.29, 1.82) is 0 Å². The van der Waals surface area contributed by atoms with Gasteiger partial charge in [-0.1, -0.05) is 15.9 Å². The lowest BCUT2D eigenvalue weighted by Gasteiger charge is -2.21. The van der Waals surface area contributed by atoms with Gasteiger partial charge >= 0.3 is 0 Å². The minimum Gasteiger partial charge on any atom is -0.207 e. The lowest BCUT2D eigenvalue weighted by Crippen LogP contribution is -2.35. The van der Waals surface area contributed by atoms with Crippen molar-refractivity contribution in [3.05, 3.63) is 28.5 Å². The Morgan fingerprint density at radius 3 is 2.61 bits per heavy atom. The van der Waals surface area contributed by atoms with Gasteiger partial charge in [0.2, 0.25) is 10.0 Å². The molecule has 1 aromatic rings. The highest BCUT2D eigenvalue weighted by Crippen LogP contribution is 2.33. The first-order valence-corrected chi connectivity index (χ1v) is 8.26. The Hall–Kier alpha value is -0.170. The van der Waals surface area contributed by atoms with Crippen LogP contribution in [0.15, 0.2) is 27.6 Å². The normalized spacial score (nSPS) is 16.2. The van der Waals surface area contributed by atoms with Gasteiger partial charge in [-0.3, -0.25) is 0 Å². The number of rotatable bonds is 5. The van der Waals surface area contributed by atoms with Gasteiger partial charge in [-0.2, -0.15) is 4.31 Å². The topological polar surface area (TPSA) is 37.4 Å². The Bertz CT molecular complexity index is 548. The summed E-state index contributed by atoms with van der Waals surface area (Å²) >= 11 is 8.72. The van der Waals surface area contributed by atoms with Crippen LogP contribution in [0, 0.1) is 5.82 Å². The Kier molecular flexibility index (Phi) is 4.31. The number of nitrogens with zero attached hydrogens (tertiary/aromatic N) is 1. The summed E-state index contributed by atoms with van der Waals surface area (Å²) in [5.74, 6) is -0.543. The van der Waals surface area contributed by atoms with Crippen molar-refractivity contribution in [3.8, 4) is 0 Å². The molecule has 0 heterocycles. The zero-order chi connectivity index (χ0) is 13.3. The molecular formula is C11H12BrClFNO2S. The lowest BCUT2D eigenvalue weighted by atomic mass is 10.3. The van der Waals surface area contributed by atoms with Crippen LogP contribution in [0.25, 0.3) is 0 Å². The predicted molar refractivity (Wildman–Crippen MR) is 71.7 cm³/mol. The molecule has 0 N–H and O–H groups in total. The zero-order valence-corrected chi connectivity index (χ0v) is 12.6. The van der Waals surface area contributed by atoms with E-state index in [1.165, 1.54) is 16.4 Å². The summed E-state index contributed by atoms with van der Waals surface area (Å²) in [5.41, 5.74) is 0. The van der Waals surface area contributed by atoms with Gasteiger partial charge in [0.05, 0.1) is 0 Å². The van der Waals surface area contributed by atoms with E-state index in [9.17, 15) is 12.8 Å². The zero-order valence-electron chi connectivity index (χ0n) is 9.44. The summed E-state index contributed by atoms with van der Waals surface area (Å²) in [5, 5.41) is 0. The van der Waals surface area contributed by atoms with E-state index in [-0.39, 0.29) is 23.4 Å². The van der Waals surface area contributed by atoms with E-state index in [2.05, 4.69) is 15.9 Å². The van der Waals surface area contributed by atoms with Crippen LogP contribution >= 0.6 is 27.5 Å². The van der Waals surface area contributed by atoms with Crippen molar-refractivity contribution in [1.82, 2.24) is 4.31 Å². The maximum Gasteiger partial charge on any atom is 0.246 e. The Morgan fingerprint density at radius 1 is 1.44 bits per heavy atom. The average molecular weight is 357 g/mol. The molecule has 0 aromatic heterocycles. The monoisotopic (exact) mass is 355 g/mol. The maximum atomic E-state index is 13.8. The van der Waals surface area contributed by atoms with E-state index in [1.54, 1.807) is 0 Å². The quantitative estimate of drug-likeness (QED) is 0.761. The fourth-order valence-electron chi connectivity index (χ4n) is 1.76. The number of benzene rings is 1. The third-order valence-electron chi connectivity index (χ3n) is 2.74. The van der Waals surface area contributed by atoms with Crippen molar-refractivity contribution in [2.75, 3.05) is 12.4 Å². The van der Waals surface area contributed by atoms with Gasteiger partial charge in [0.15, 0.2) is 0 Å². The van der Waals surface area contributed by atoms with Crippen LogP contribution < -0.4 is 0 Å². The van der Waals surface area contributed by atoms with Crippen LogP contribution in [0.5, 0.6) is 0 Å². The first-order chi connectivity index (χ1) is 8.46. The van der Waals surface area contributed by atoms with Crippen LogP contribution in [0.1, 0.15) is 12.8 Å². The van der Waals surface area contributed by atoms with E-state index in [4.69, 9.17) is 11.6 Å². The number of hydrogen-bond acceptors (Lipinski definition) is 2. The molecule has 0 atom stereocenters. The van der Waals surface area contributed by atoms with Gasteiger partial charge < -0.3 is 0 Å². The second-order valence-corrected chi connectivity index (χ2v) is 7.26. The summed E-state index contributed by atoms with van der Waals surface area (Å²) in [4.78, 5) is -0.289. The molecule has 3 nitrogen and oxygen atoms in total. The van der Waals surface area contributed by atoms with Crippen LogP contribution in [-0.2, 0) is 10.0 Å². The minimum absolute atomic E-state index is 0.0307. The Morgan fingerprint density at radius 2 is 2.11 bits per heavy atom. The second kappa shape index (κ2) is 5.45. The van der Waals surface area contributed by atoms with E-state index in [0.717, 1.165) is 18.9 Å². The molecule has 1 aliphatic carbocycles. The summed E-state index contributed by atoms with van der Waals surface area (Å²) in [7, 11) is -3.79. The molecule has 0 spiro atoms. The van der Waals surface area contributed by atoms with Gasteiger partial charge in [-0.25, -0.2) is 12.8 Å². The van der Waals surface area contributed by atoms with Crippen LogP contribution in [0.4, 0.5) is 4.39 Å². The molecule has 2 rings (SSSR count). The van der Waals surface area contributed by atoms with Crippen LogP contribution in [-0.4, -0.2) is 31.2 Å². The van der Waals surface area contributed by atoms with Crippen molar-refractivity contribution in [2.24, 2.45) is 0 Å². The molecule has 18 heavy (non-hydrogen) atoms. The smallest absolute Gasteiger partial charge is 0.207 e. The summed E-state index contributed by atoms with van der Waals surface area (Å²) in [6.45, 7) is 0.212. The fourth-order valence-corrected chi connectivity index (χ4v) is 4.10. The molecule has 0 saturated heterocycles. The van der Waals surface area contributed by atoms with E-state index >= 15 is 0 Å². The van der Waals surface area contributed by atoms with Crippen LogP contribution in [0.3, 0.4) is 0 Å². The molecule has 1 saturated carbocycles. The molecule has 0 radical (unpaired) electrons. The number of hydrogen-bond donors (Lipinski definition) is 0.